The first-order chi connectivity index (χ1) is 10.7. The summed E-state index contributed by atoms with van der Waals surface area (Å²) in [5.41, 5.74) is 3.30. The van der Waals surface area contributed by atoms with E-state index >= 15 is 0 Å². The van der Waals surface area contributed by atoms with Gasteiger partial charge < -0.3 is 9.47 Å². The van der Waals surface area contributed by atoms with Crippen molar-refractivity contribution < 1.29 is 9.47 Å². The monoisotopic (exact) mass is 312 g/mol. The van der Waals surface area contributed by atoms with Crippen LogP contribution in [-0.4, -0.2) is 19.1 Å². The van der Waals surface area contributed by atoms with Gasteiger partial charge in [0.15, 0.2) is 11.5 Å². The molecular formula is C19H20O2S. The van der Waals surface area contributed by atoms with Crippen LogP contribution in [0.3, 0.4) is 0 Å². The second kappa shape index (κ2) is 7.76. The van der Waals surface area contributed by atoms with E-state index in [1.54, 1.807) is 14.2 Å². The van der Waals surface area contributed by atoms with E-state index in [2.05, 4.69) is 31.2 Å². The number of para-hydroxylation sites is 1. The highest BCUT2D eigenvalue weighted by atomic mass is 32.1. The summed E-state index contributed by atoms with van der Waals surface area (Å²) in [6, 6.07) is 14.1. The predicted octanol–water partition coefficient (Wildman–Crippen LogP) is 4.70. The maximum absolute atomic E-state index is 5.48. The zero-order valence-electron chi connectivity index (χ0n) is 13.1. The van der Waals surface area contributed by atoms with Crippen molar-refractivity contribution in [2.24, 2.45) is 0 Å². The number of hydrogen-bond donors (Lipinski definition) is 0. The van der Waals surface area contributed by atoms with E-state index in [1.165, 1.54) is 5.56 Å². The van der Waals surface area contributed by atoms with Crippen molar-refractivity contribution in [3.05, 3.63) is 65.2 Å². The predicted molar refractivity (Wildman–Crippen MR) is 96.1 cm³/mol. The third-order valence-corrected chi connectivity index (χ3v) is 3.87. The Labute approximate surface area is 137 Å². The fraction of sp³-hybridized carbons (Fsp3) is 0.211. The Morgan fingerprint density at radius 1 is 1.05 bits per heavy atom. The summed E-state index contributed by atoms with van der Waals surface area (Å²) < 4.78 is 10.7. The second-order valence-electron chi connectivity index (χ2n) is 4.83. The minimum Gasteiger partial charge on any atom is -0.493 e. The minimum atomic E-state index is 0.711. The molecule has 22 heavy (non-hydrogen) atoms. The molecule has 0 saturated heterocycles. The van der Waals surface area contributed by atoms with E-state index in [4.69, 9.17) is 21.7 Å². The molecule has 0 saturated carbocycles. The van der Waals surface area contributed by atoms with Gasteiger partial charge >= 0.3 is 0 Å². The first kappa shape index (κ1) is 16.2. The molecule has 0 aromatic heterocycles. The van der Waals surface area contributed by atoms with Gasteiger partial charge in [0.1, 0.15) is 0 Å². The topological polar surface area (TPSA) is 18.5 Å². The average Bonchev–Trinajstić information content (AvgIpc) is 2.59. The summed E-state index contributed by atoms with van der Waals surface area (Å²) in [6.45, 7) is 2.14. The number of thiocarbonyl (C=S) groups is 1. The lowest BCUT2D eigenvalue weighted by Gasteiger charge is -2.10. The summed E-state index contributed by atoms with van der Waals surface area (Å²) >= 11 is 5.48. The van der Waals surface area contributed by atoms with Crippen molar-refractivity contribution in [2.45, 2.75) is 13.3 Å². The third-order valence-electron chi connectivity index (χ3n) is 3.49. The highest BCUT2D eigenvalue weighted by molar-refractivity contribution is 7.81. The number of ether oxygens (including phenoxy) is 2. The summed E-state index contributed by atoms with van der Waals surface area (Å²) in [7, 11) is 3.27. The second-order valence-corrected chi connectivity index (χ2v) is 5.27. The van der Waals surface area contributed by atoms with Gasteiger partial charge in [0.2, 0.25) is 0 Å². The molecule has 0 atom stereocenters. The van der Waals surface area contributed by atoms with Crippen LogP contribution in [0, 0.1) is 0 Å². The molecule has 2 rings (SSSR count). The summed E-state index contributed by atoms with van der Waals surface area (Å²) in [5.74, 6) is 1.42. The number of aryl methyl sites for hydroxylation is 1. The molecule has 0 spiro atoms. The highest BCUT2D eigenvalue weighted by Crippen LogP contribution is 2.31. The Morgan fingerprint density at radius 2 is 1.77 bits per heavy atom. The average molecular weight is 312 g/mol. The molecule has 0 fully saturated rings. The molecule has 2 aromatic rings. The van der Waals surface area contributed by atoms with Gasteiger partial charge in [-0.25, -0.2) is 0 Å². The van der Waals surface area contributed by atoms with E-state index in [0.717, 1.165) is 22.4 Å². The number of methoxy groups -OCH3 is 2. The lowest BCUT2D eigenvalue weighted by Crippen LogP contribution is -1.95. The molecule has 0 aliphatic rings. The fourth-order valence-electron chi connectivity index (χ4n) is 2.21. The SMILES string of the molecule is CCc1ccc(C(=S)C=Cc2cccc(OC)c2OC)cc1. The van der Waals surface area contributed by atoms with Crippen molar-refractivity contribution in [3.63, 3.8) is 0 Å². The lowest BCUT2D eigenvalue weighted by atomic mass is 10.1. The molecule has 0 aliphatic carbocycles. The van der Waals surface area contributed by atoms with Gasteiger partial charge in [-0.15, -0.1) is 0 Å². The Morgan fingerprint density at radius 3 is 2.36 bits per heavy atom. The zero-order valence-corrected chi connectivity index (χ0v) is 13.9. The lowest BCUT2D eigenvalue weighted by molar-refractivity contribution is 0.354. The maximum Gasteiger partial charge on any atom is 0.167 e. The van der Waals surface area contributed by atoms with Gasteiger partial charge in [-0.1, -0.05) is 55.5 Å². The molecule has 2 nitrogen and oxygen atoms in total. The van der Waals surface area contributed by atoms with Crippen LogP contribution in [0.15, 0.2) is 48.5 Å². The van der Waals surface area contributed by atoms with Crippen LogP contribution in [0.5, 0.6) is 11.5 Å². The van der Waals surface area contributed by atoms with Gasteiger partial charge in [-0.2, -0.15) is 0 Å². The van der Waals surface area contributed by atoms with Crippen molar-refractivity contribution >= 4 is 23.2 Å². The van der Waals surface area contributed by atoms with Gasteiger partial charge in [-0.05, 0) is 35.8 Å². The fourth-order valence-corrected chi connectivity index (χ4v) is 2.41. The Balaban J connectivity index is 2.22. The first-order valence-corrected chi connectivity index (χ1v) is 7.62. The first-order valence-electron chi connectivity index (χ1n) is 7.22. The van der Waals surface area contributed by atoms with E-state index in [-0.39, 0.29) is 0 Å². The van der Waals surface area contributed by atoms with Crippen LogP contribution >= 0.6 is 12.2 Å². The summed E-state index contributed by atoms with van der Waals surface area (Å²) in [4.78, 5) is 0.799. The van der Waals surface area contributed by atoms with Gasteiger partial charge in [-0.3, -0.25) is 0 Å². The number of rotatable bonds is 6. The minimum absolute atomic E-state index is 0.711. The molecule has 114 valence electrons. The van der Waals surface area contributed by atoms with E-state index in [1.807, 2.05) is 30.4 Å². The molecule has 3 heteroatoms. The van der Waals surface area contributed by atoms with Crippen LogP contribution in [0.25, 0.3) is 6.08 Å². The summed E-state index contributed by atoms with van der Waals surface area (Å²) in [5, 5.41) is 0. The van der Waals surface area contributed by atoms with Crippen LogP contribution in [0.4, 0.5) is 0 Å². The molecular weight excluding hydrogens is 292 g/mol. The molecule has 0 N–H and O–H groups in total. The van der Waals surface area contributed by atoms with E-state index in [9.17, 15) is 0 Å². The van der Waals surface area contributed by atoms with E-state index in [0.29, 0.717) is 11.5 Å². The van der Waals surface area contributed by atoms with Crippen molar-refractivity contribution in [3.8, 4) is 11.5 Å². The zero-order chi connectivity index (χ0) is 15.9. The number of benzene rings is 2. The van der Waals surface area contributed by atoms with Crippen molar-refractivity contribution in [2.75, 3.05) is 14.2 Å². The molecule has 0 heterocycles. The highest BCUT2D eigenvalue weighted by Gasteiger charge is 2.07. The molecule has 0 amide bonds. The smallest absolute Gasteiger partial charge is 0.167 e. The summed E-state index contributed by atoms with van der Waals surface area (Å²) in [6.07, 6.45) is 4.91. The number of hydrogen-bond acceptors (Lipinski definition) is 3. The van der Waals surface area contributed by atoms with Crippen LogP contribution in [0.2, 0.25) is 0 Å². The Bertz CT molecular complexity index is 672. The van der Waals surface area contributed by atoms with E-state index < -0.39 is 0 Å². The molecule has 0 unspecified atom stereocenters. The van der Waals surface area contributed by atoms with Crippen molar-refractivity contribution in [1.82, 2.24) is 0 Å². The van der Waals surface area contributed by atoms with Crippen LogP contribution < -0.4 is 9.47 Å². The molecule has 0 aliphatic heterocycles. The molecule has 0 bridgehead atoms. The normalized spacial score (nSPS) is 10.7. The largest absolute Gasteiger partial charge is 0.493 e. The van der Waals surface area contributed by atoms with Gasteiger partial charge in [0.05, 0.1) is 14.2 Å². The van der Waals surface area contributed by atoms with Gasteiger partial charge in [0, 0.05) is 10.4 Å². The standard InChI is InChI=1S/C19H20O2S/c1-4-14-8-10-15(11-9-14)18(22)13-12-16-6-5-7-17(20-2)19(16)21-3/h5-13H,4H2,1-3H3. The Hall–Kier alpha value is -2.13. The van der Waals surface area contributed by atoms with Crippen LogP contribution in [-0.2, 0) is 6.42 Å². The molecule has 2 aromatic carbocycles. The quantitative estimate of drug-likeness (QED) is 0.438. The number of allylic oxidation sites excluding steroid dienone is 1. The third kappa shape index (κ3) is 3.74. The maximum atomic E-state index is 5.48. The molecule has 0 radical (unpaired) electrons. The van der Waals surface area contributed by atoms with Crippen molar-refractivity contribution in [1.29, 1.82) is 0 Å². The Kier molecular flexibility index (Phi) is 5.73. The van der Waals surface area contributed by atoms with Gasteiger partial charge in [0.25, 0.3) is 0 Å². The van der Waals surface area contributed by atoms with Crippen LogP contribution in [0.1, 0.15) is 23.6 Å².